The number of nitrogens with one attached hydrogen (secondary N) is 1. The molecule has 0 bridgehead atoms. The Morgan fingerprint density at radius 1 is 1.48 bits per heavy atom. The van der Waals surface area contributed by atoms with E-state index in [1.807, 2.05) is 0 Å². The molecule has 124 valence electrons. The van der Waals surface area contributed by atoms with Crippen LogP contribution in [0.15, 0.2) is 0 Å². The molecule has 0 aromatic rings. The van der Waals surface area contributed by atoms with Crippen molar-refractivity contribution in [2.24, 2.45) is 5.92 Å². The zero-order chi connectivity index (χ0) is 16.4. The standard InChI is InChI=1S/C11H21NO8S/c1-5(2)10-8(12-6(3)14)9(15)11(7(4-13)19-10)20-21(16,17)18/h5,7-11,13,15H,4H2,1-3H3,(H,12,14)(H,16,17,18)/p-1/t7?,8?,9-,10-,11-/m0/s1. The van der Waals surface area contributed by atoms with E-state index in [1.165, 1.54) is 6.92 Å². The molecule has 0 saturated carbocycles. The topological polar surface area (TPSA) is 145 Å². The number of carbonyl (C=O) groups excluding carboxylic acids is 1. The van der Waals surface area contributed by atoms with Crippen molar-refractivity contribution in [2.75, 3.05) is 6.61 Å². The molecule has 0 aromatic heterocycles. The second-order valence-electron chi connectivity index (χ2n) is 5.25. The summed E-state index contributed by atoms with van der Waals surface area (Å²) in [6.07, 6.45) is -4.98. The van der Waals surface area contributed by atoms with Gasteiger partial charge in [0.05, 0.1) is 18.8 Å². The molecule has 5 atom stereocenters. The predicted molar refractivity (Wildman–Crippen MR) is 68.8 cm³/mol. The lowest BCUT2D eigenvalue weighted by molar-refractivity contribution is -0.197. The molecular weight excluding hydrogens is 306 g/mol. The van der Waals surface area contributed by atoms with Gasteiger partial charge in [0.25, 0.3) is 0 Å². The third kappa shape index (κ3) is 4.87. The van der Waals surface area contributed by atoms with Gasteiger partial charge in [-0.2, -0.15) is 0 Å². The molecule has 1 rings (SSSR count). The minimum Gasteiger partial charge on any atom is -0.726 e. The van der Waals surface area contributed by atoms with Gasteiger partial charge in [0.15, 0.2) is 0 Å². The van der Waals surface area contributed by atoms with Crippen molar-refractivity contribution in [3.63, 3.8) is 0 Å². The van der Waals surface area contributed by atoms with Crippen molar-refractivity contribution in [3.8, 4) is 0 Å². The first kappa shape index (κ1) is 18.3. The van der Waals surface area contributed by atoms with Crippen LogP contribution < -0.4 is 5.32 Å². The van der Waals surface area contributed by atoms with Crippen LogP contribution >= 0.6 is 0 Å². The predicted octanol–water partition coefficient (Wildman–Crippen LogP) is -1.89. The molecule has 1 fully saturated rings. The lowest BCUT2D eigenvalue weighted by atomic mass is 9.87. The molecule has 1 aliphatic rings. The van der Waals surface area contributed by atoms with Crippen LogP contribution in [0.25, 0.3) is 0 Å². The van der Waals surface area contributed by atoms with Crippen LogP contribution in [0.1, 0.15) is 20.8 Å². The normalized spacial score (nSPS) is 34.0. The number of aliphatic hydroxyl groups excluding tert-OH is 2. The van der Waals surface area contributed by atoms with Gasteiger partial charge >= 0.3 is 0 Å². The summed E-state index contributed by atoms with van der Waals surface area (Å²) in [4.78, 5) is 11.2. The van der Waals surface area contributed by atoms with Crippen LogP contribution in [0.4, 0.5) is 0 Å². The molecule has 1 saturated heterocycles. The highest BCUT2D eigenvalue weighted by Gasteiger charge is 2.47. The van der Waals surface area contributed by atoms with E-state index in [1.54, 1.807) is 13.8 Å². The Labute approximate surface area is 123 Å². The van der Waals surface area contributed by atoms with Crippen LogP contribution in [-0.2, 0) is 24.1 Å². The minimum atomic E-state index is -5.10. The van der Waals surface area contributed by atoms with Crippen molar-refractivity contribution < 1.29 is 36.9 Å². The maximum Gasteiger partial charge on any atom is 0.218 e. The Balaban J connectivity index is 3.07. The van der Waals surface area contributed by atoms with E-state index in [4.69, 9.17) is 4.74 Å². The van der Waals surface area contributed by atoms with Crippen molar-refractivity contribution >= 4 is 16.3 Å². The molecule has 2 unspecified atom stereocenters. The van der Waals surface area contributed by atoms with Crippen molar-refractivity contribution in [3.05, 3.63) is 0 Å². The maximum absolute atomic E-state index is 11.2. The summed E-state index contributed by atoms with van der Waals surface area (Å²) < 4.78 is 42.0. The van der Waals surface area contributed by atoms with Crippen molar-refractivity contribution in [2.45, 2.75) is 51.2 Å². The number of amides is 1. The molecule has 3 N–H and O–H groups in total. The lowest BCUT2D eigenvalue weighted by Crippen LogP contribution is -2.65. The first-order valence-electron chi connectivity index (χ1n) is 6.42. The third-order valence-corrected chi connectivity index (χ3v) is 3.65. The Kier molecular flexibility index (Phi) is 6.08. The fraction of sp³-hybridized carbons (Fsp3) is 0.909. The fourth-order valence-electron chi connectivity index (χ4n) is 2.36. The molecular formula is C11H20NO8S-. The van der Waals surface area contributed by atoms with E-state index in [-0.39, 0.29) is 5.92 Å². The highest BCUT2D eigenvalue weighted by molar-refractivity contribution is 7.80. The van der Waals surface area contributed by atoms with E-state index in [0.717, 1.165) is 0 Å². The van der Waals surface area contributed by atoms with E-state index in [9.17, 15) is 28.0 Å². The van der Waals surface area contributed by atoms with Gasteiger partial charge < -0.3 is 24.8 Å². The number of carbonyl (C=O) groups is 1. The molecule has 0 aliphatic carbocycles. The van der Waals surface area contributed by atoms with Gasteiger partial charge in [0.2, 0.25) is 16.3 Å². The highest BCUT2D eigenvalue weighted by Crippen LogP contribution is 2.28. The molecule has 9 nitrogen and oxygen atoms in total. The first-order valence-corrected chi connectivity index (χ1v) is 7.75. The quantitative estimate of drug-likeness (QED) is 0.393. The van der Waals surface area contributed by atoms with Crippen LogP contribution in [0.3, 0.4) is 0 Å². The largest absolute Gasteiger partial charge is 0.726 e. The molecule has 21 heavy (non-hydrogen) atoms. The van der Waals surface area contributed by atoms with Gasteiger partial charge in [0, 0.05) is 6.92 Å². The Hall–Kier alpha value is -0.780. The summed E-state index contributed by atoms with van der Waals surface area (Å²) in [6.45, 7) is 4.12. The van der Waals surface area contributed by atoms with Gasteiger partial charge in [0.1, 0.15) is 18.3 Å². The van der Waals surface area contributed by atoms with E-state index in [2.05, 4.69) is 9.50 Å². The van der Waals surface area contributed by atoms with E-state index >= 15 is 0 Å². The molecule has 10 heteroatoms. The fourth-order valence-corrected chi connectivity index (χ4v) is 2.87. The monoisotopic (exact) mass is 326 g/mol. The number of ether oxygens (including phenoxy) is 1. The molecule has 0 aromatic carbocycles. The smallest absolute Gasteiger partial charge is 0.218 e. The van der Waals surface area contributed by atoms with Gasteiger partial charge in [-0.05, 0) is 5.92 Å². The summed E-state index contributed by atoms with van der Waals surface area (Å²) in [5, 5.41) is 21.9. The number of aliphatic hydroxyl groups is 2. The van der Waals surface area contributed by atoms with E-state index < -0.39 is 53.4 Å². The second-order valence-corrected chi connectivity index (χ2v) is 6.26. The Morgan fingerprint density at radius 2 is 2.05 bits per heavy atom. The summed E-state index contributed by atoms with van der Waals surface area (Å²) in [5.74, 6) is -0.602. The minimum absolute atomic E-state index is 0.143. The van der Waals surface area contributed by atoms with Gasteiger partial charge in [-0.1, -0.05) is 13.8 Å². The van der Waals surface area contributed by atoms with Gasteiger partial charge in [-0.25, -0.2) is 8.42 Å². The SMILES string of the molecule is CC(=O)NC1[C@H](C(C)C)OC(CO)[C@H](OS(=O)(=O)[O-])[C@H]1O. The third-order valence-electron chi connectivity index (χ3n) is 3.19. The Bertz CT molecular complexity index is 465. The summed E-state index contributed by atoms with van der Waals surface area (Å²) >= 11 is 0. The number of hydrogen-bond acceptors (Lipinski definition) is 8. The van der Waals surface area contributed by atoms with E-state index in [0.29, 0.717) is 0 Å². The number of rotatable bonds is 5. The van der Waals surface area contributed by atoms with Gasteiger partial charge in [-0.3, -0.25) is 8.98 Å². The molecule has 1 heterocycles. The first-order chi connectivity index (χ1) is 9.56. The maximum atomic E-state index is 11.2. The molecule has 0 spiro atoms. The molecule has 0 radical (unpaired) electrons. The summed E-state index contributed by atoms with van der Waals surface area (Å²) in [5.41, 5.74) is 0. The highest BCUT2D eigenvalue weighted by atomic mass is 32.3. The van der Waals surface area contributed by atoms with Crippen LogP contribution in [0.5, 0.6) is 0 Å². The van der Waals surface area contributed by atoms with Crippen molar-refractivity contribution in [1.29, 1.82) is 0 Å². The molecule has 1 aliphatic heterocycles. The molecule has 1 amide bonds. The lowest BCUT2D eigenvalue weighted by Gasteiger charge is -2.45. The summed E-state index contributed by atoms with van der Waals surface area (Å²) in [6, 6.07) is -0.961. The Morgan fingerprint density at radius 3 is 2.43 bits per heavy atom. The van der Waals surface area contributed by atoms with Crippen molar-refractivity contribution in [1.82, 2.24) is 5.32 Å². The second kappa shape index (κ2) is 6.99. The zero-order valence-corrected chi connectivity index (χ0v) is 12.7. The summed E-state index contributed by atoms with van der Waals surface area (Å²) in [7, 11) is -5.10. The average Bonchev–Trinajstić information content (AvgIpc) is 2.32. The van der Waals surface area contributed by atoms with Crippen LogP contribution in [0.2, 0.25) is 0 Å². The van der Waals surface area contributed by atoms with Crippen LogP contribution in [-0.4, -0.2) is 66.2 Å². The zero-order valence-electron chi connectivity index (χ0n) is 11.9. The average molecular weight is 326 g/mol. The van der Waals surface area contributed by atoms with Gasteiger partial charge in [-0.15, -0.1) is 0 Å². The van der Waals surface area contributed by atoms with Crippen LogP contribution in [0, 0.1) is 5.92 Å². The number of hydrogen-bond donors (Lipinski definition) is 3.